The zero-order valence-corrected chi connectivity index (χ0v) is 18.6. The van der Waals surface area contributed by atoms with Gasteiger partial charge in [-0.25, -0.2) is 0 Å². The van der Waals surface area contributed by atoms with E-state index in [0.29, 0.717) is 26.3 Å². The fourth-order valence-corrected chi connectivity index (χ4v) is 4.55. The first kappa shape index (κ1) is 23.5. The molecule has 0 bridgehead atoms. The van der Waals surface area contributed by atoms with Crippen LogP contribution >= 0.6 is 11.8 Å². The summed E-state index contributed by atoms with van der Waals surface area (Å²) in [5.74, 6) is 1.39. The number of benzene rings is 1. The number of carbonyl (C=O) groups excluding carboxylic acids is 2. The Balaban J connectivity index is 2.07. The maximum absolute atomic E-state index is 13.1. The number of hydrogen-bond acceptors (Lipinski definition) is 7. The zero-order valence-electron chi connectivity index (χ0n) is 17.8. The Labute approximate surface area is 177 Å². The minimum Gasteiger partial charge on any atom is -0.497 e. The SMILES string of the molecule is CCOC(=O)[C@@H](C)N(CCCOC)CC(=O)N1CCS[C@H]1c1ccc(OC)cc1. The third-order valence-corrected chi connectivity index (χ3v) is 6.18. The Bertz CT molecular complexity index is 655. The second-order valence-corrected chi connectivity index (χ2v) is 8.02. The molecule has 8 heteroatoms. The number of nitrogens with zero attached hydrogens (tertiary/aromatic N) is 2. The van der Waals surface area contributed by atoms with Crippen LogP contribution in [0.1, 0.15) is 31.2 Å². The molecule has 1 saturated heterocycles. The third-order valence-electron chi connectivity index (χ3n) is 4.92. The lowest BCUT2D eigenvalue weighted by Crippen LogP contribution is -2.47. The second-order valence-electron chi connectivity index (χ2n) is 6.83. The molecule has 0 spiro atoms. The minimum absolute atomic E-state index is 0.0179. The molecule has 1 aliphatic heterocycles. The molecule has 0 saturated carbocycles. The van der Waals surface area contributed by atoms with Crippen molar-refractivity contribution < 1.29 is 23.8 Å². The van der Waals surface area contributed by atoms with Crippen LogP contribution in [0.4, 0.5) is 0 Å². The number of esters is 1. The standard InChI is InChI=1S/C21H32N2O5S/c1-5-28-21(25)16(2)22(11-6-13-26-3)15-19(24)23-12-14-29-20(23)17-7-9-18(27-4)10-8-17/h7-10,16,20H,5-6,11-15H2,1-4H3/t16-,20+/m1/s1. The molecule has 0 unspecified atom stereocenters. The van der Waals surface area contributed by atoms with E-state index in [1.807, 2.05) is 34.1 Å². The van der Waals surface area contributed by atoms with Crippen LogP contribution in [0, 0.1) is 0 Å². The molecule has 0 aliphatic carbocycles. The molecule has 0 aromatic heterocycles. The van der Waals surface area contributed by atoms with E-state index in [-0.39, 0.29) is 23.8 Å². The number of hydrogen-bond donors (Lipinski definition) is 0. The van der Waals surface area contributed by atoms with Crippen LogP contribution in [0.3, 0.4) is 0 Å². The van der Waals surface area contributed by atoms with Gasteiger partial charge in [0, 0.05) is 32.6 Å². The van der Waals surface area contributed by atoms with Crippen LogP contribution in [0.2, 0.25) is 0 Å². The van der Waals surface area contributed by atoms with Crippen molar-refractivity contribution in [3.05, 3.63) is 29.8 Å². The molecule has 1 fully saturated rings. The number of carbonyl (C=O) groups is 2. The highest BCUT2D eigenvalue weighted by Crippen LogP contribution is 2.38. The number of ether oxygens (including phenoxy) is 3. The second kappa shape index (κ2) is 12.0. The molecular weight excluding hydrogens is 392 g/mol. The number of rotatable bonds is 11. The van der Waals surface area contributed by atoms with Crippen molar-refractivity contribution in [3.63, 3.8) is 0 Å². The van der Waals surface area contributed by atoms with E-state index in [0.717, 1.165) is 23.5 Å². The quantitative estimate of drug-likeness (QED) is 0.399. The van der Waals surface area contributed by atoms with Gasteiger partial charge in [-0.05, 0) is 38.0 Å². The van der Waals surface area contributed by atoms with Crippen molar-refractivity contribution in [3.8, 4) is 5.75 Å². The van der Waals surface area contributed by atoms with Gasteiger partial charge >= 0.3 is 5.97 Å². The molecular formula is C21H32N2O5S. The van der Waals surface area contributed by atoms with Crippen LogP contribution in [0.25, 0.3) is 0 Å². The highest BCUT2D eigenvalue weighted by atomic mass is 32.2. The summed E-state index contributed by atoms with van der Waals surface area (Å²) < 4.78 is 15.5. The van der Waals surface area contributed by atoms with Gasteiger partial charge in [-0.15, -0.1) is 11.8 Å². The largest absolute Gasteiger partial charge is 0.497 e. The Kier molecular flexibility index (Phi) is 9.76. The fraction of sp³-hybridized carbons (Fsp3) is 0.619. The molecule has 2 rings (SSSR count). The van der Waals surface area contributed by atoms with Crippen molar-refractivity contribution in [2.45, 2.75) is 31.7 Å². The van der Waals surface area contributed by atoms with Gasteiger partial charge in [-0.2, -0.15) is 0 Å². The summed E-state index contributed by atoms with van der Waals surface area (Å²) in [7, 11) is 3.28. The van der Waals surface area contributed by atoms with Crippen LogP contribution in [-0.4, -0.2) is 80.5 Å². The third kappa shape index (κ3) is 6.62. The average molecular weight is 425 g/mol. The number of thioether (sulfide) groups is 1. The summed E-state index contributed by atoms with van der Waals surface area (Å²) in [6.45, 7) is 5.94. The van der Waals surface area contributed by atoms with Crippen LogP contribution in [-0.2, 0) is 19.1 Å². The van der Waals surface area contributed by atoms with Gasteiger partial charge < -0.3 is 19.1 Å². The normalized spacial score (nSPS) is 17.4. The van der Waals surface area contributed by atoms with Crippen LogP contribution in [0.5, 0.6) is 5.75 Å². The molecule has 2 atom stereocenters. The summed E-state index contributed by atoms with van der Waals surface area (Å²) >= 11 is 1.75. The Hall–Kier alpha value is -1.77. The van der Waals surface area contributed by atoms with Crippen molar-refractivity contribution >= 4 is 23.6 Å². The zero-order chi connectivity index (χ0) is 21.2. The monoisotopic (exact) mass is 424 g/mol. The van der Waals surface area contributed by atoms with Gasteiger partial charge in [0.25, 0.3) is 0 Å². The summed E-state index contributed by atoms with van der Waals surface area (Å²) in [6, 6.07) is 7.35. The van der Waals surface area contributed by atoms with Crippen LogP contribution < -0.4 is 4.74 Å². The van der Waals surface area contributed by atoms with E-state index >= 15 is 0 Å². The predicted octanol–water partition coefficient (Wildman–Crippen LogP) is 2.56. The Morgan fingerprint density at radius 2 is 2.00 bits per heavy atom. The van der Waals surface area contributed by atoms with Gasteiger partial charge in [0.1, 0.15) is 17.2 Å². The lowest BCUT2D eigenvalue weighted by atomic mass is 10.2. The molecule has 0 N–H and O–H groups in total. The number of amides is 1. The molecule has 1 aromatic rings. The van der Waals surface area contributed by atoms with Gasteiger partial charge in [-0.1, -0.05) is 12.1 Å². The van der Waals surface area contributed by atoms with Crippen molar-refractivity contribution in [1.82, 2.24) is 9.80 Å². The van der Waals surface area contributed by atoms with E-state index in [9.17, 15) is 9.59 Å². The maximum atomic E-state index is 13.1. The first-order chi connectivity index (χ1) is 14.0. The minimum atomic E-state index is -0.481. The highest BCUT2D eigenvalue weighted by molar-refractivity contribution is 7.99. The lowest BCUT2D eigenvalue weighted by Gasteiger charge is -2.31. The van der Waals surface area contributed by atoms with Gasteiger partial charge in [0.15, 0.2) is 0 Å². The first-order valence-electron chi connectivity index (χ1n) is 9.96. The Morgan fingerprint density at radius 1 is 1.28 bits per heavy atom. The average Bonchev–Trinajstić information content (AvgIpc) is 3.23. The summed E-state index contributed by atoms with van der Waals surface area (Å²) in [4.78, 5) is 29.2. The van der Waals surface area contributed by atoms with E-state index in [1.165, 1.54) is 0 Å². The molecule has 0 radical (unpaired) electrons. The lowest BCUT2D eigenvalue weighted by molar-refractivity contribution is -0.150. The van der Waals surface area contributed by atoms with E-state index in [1.54, 1.807) is 39.8 Å². The van der Waals surface area contributed by atoms with E-state index in [2.05, 4.69) is 0 Å². The smallest absolute Gasteiger partial charge is 0.323 e. The molecule has 1 aliphatic rings. The molecule has 1 amide bonds. The van der Waals surface area contributed by atoms with E-state index in [4.69, 9.17) is 14.2 Å². The van der Waals surface area contributed by atoms with Gasteiger partial charge in [0.05, 0.1) is 20.3 Å². The highest BCUT2D eigenvalue weighted by Gasteiger charge is 2.33. The summed E-state index contributed by atoms with van der Waals surface area (Å²) in [6.07, 6.45) is 0.740. The molecule has 1 heterocycles. The van der Waals surface area contributed by atoms with Gasteiger partial charge in [0.2, 0.25) is 5.91 Å². The molecule has 7 nitrogen and oxygen atoms in total. The summed E-state index contributed by atoms with van der Waals surface area (Å²) in [5, 5.41) is -0.0212. The topological polar surface area (TPSA) is 68.3 Å². The van der Waals surface area contributed by atoms with Crippen molar-refractivity contribution in [1.29, 1.82) is 0 Å². The van der Waals surface area contributed by atoms with Crippen molar-refractivity contribution in [2.24, 2.45) is 0 Å². The maximum Gasteiger partial charge on any atom is 0.323 e. The van der Waals surface area contributed by atoms with Crippen molar-refractivity contribution in [2.75, 3.05) is 52.8 Å². The number of methoxy groups -OCH3 is 2. The van der Waals surface area contributed by atoms with Gasteiger partial charge in [-0.3, -0.25) is 14.5 Å². The fourth-order valence-electron chi connectivity index (χ4n) is 3.27. The van der Waals surface area contributed by atoms with E-state index < -0.39 is 6.04 Å². The first-order valence-corrected chi connectivity index (χ1v) is 11.0. The predicted molar refractivity (Wildman–Crippen MR) is 114 cm³/mol. The Morgan fingerprint density at radius 3 is 2.62 bits per heavy atom. The molecule has 162 valence electrons. The van der Waals surface area contributed by atoms with Crippen LogP contribution in [0.15, 0.2) is 24.3 Å². The molecule has 29 heavy (non-hydrogen) atoms. The molecule has 1 aromatic carbocycles. The summed E-state index contributed by atoms with van der Waals surface area (Å²) in [5.41, 5.74) is 1.08.